The molecule has 0 radical (unpaired) electrons. The van der Waals surface area contributed by atoms with Crippen LogP contribution in [-0.2, 0) is 19.2 Å². The van der Waals surface area contributed by atoms with Crippen molar-refractivity contribution in [1.82, 2.24) is 9.80 Å². The van der Waals surface area contributed by atoms with E-state index in [1.54, 1.807) is 0 Å². The summed E-state index contributed by atoms with van der Waals surface area (Å²) in [5.74, 6) is -3.98. The van der Waals surface area contributed by atoms with E-state index in [9.17, 15) is 23.6 Å². The van der Waals surface area contributed by atoms with E-state index >= 15 is 0 Å². The van der Waals surface area contributed by atoms with Crippen molar-refractivity contribution in [3.8, 4) is 0 Å². The zero-order valence-corrected chi connectivity index (χ0v) is 15.5. The Morgan fingerprint density at radius 1 is 1.36 bits per heavy atom. The van der Waals surface area contributed by atoms with Crippen LogP contribution in [0.25, 0.3) is 0 Å². The summed E-state index contributed by atoms with van der Waals surface area (Å²) in [4.78, 5) is 51.2. The molecule has 1 aromatic rings. The van der Waals surface area contributed by atoms with Crippen LogP contribution in [0, 0.1) is 11.7 Å². The minimum Gasteiger partial charge on any atom is -0.481 e. The number of carbonyl (C=O) groups excluding carboxylic acids is 3. The number of fused-ring (bicyclic) bond motifs is 1. The van der Waals surface area contributed by atoms with E-state index in [1.807, 2.05) is 0 Å². The van der Waals surface area contributed by atoms with Gasteiger partial charge in [0.25, 0.3) is 0 Å². The number of aliphatic carboxylic acids is 1. The van der Waals surface area contributed by atoms with Crippen LogP contribution in [0.3, 0.4) is 0 Å². The Morgan fingerprint density at radius 3 is 2.82 bits per heavy atom. The minimum atomic E-state index is -0.931. The van der Waals surface area contributed by atoms with E-state index in [0.29, 0.717) is 24.9 Å². The zero-order valence-electron chi connectivity index (χ0n) is 15.5. The molecule has 0 aliphatic carbocycles. The molecule has 3 rings (SSSR count). The largest absolute Gasteiger partial charge is 0.481 e. The smallest absolute Gasteiger partial charge is 0.308 e. The molecule has 28 heavy (non-hydrogen) atoms. The highest BCUT2D eigenvalue weighted by Crippen LogP contribution is 2.33. The lowest BCUT2D eigenvalue weighted by atomic mass is 9.89. The van der Waals surface area contributed by atoms with E-state index in [4.69, 9.17) is 5.11 Å². The van der Waals surface area contributed by atoms with Crippen LogP contribution in [-0.4, -0.2) is 65.3 Å². The average molecular weight is 391 g/mol. The van der Waals surface area contributed by atoms with Crippen molar-refractivity contribution >= 4 is 29.4 Å². The second-order valence-electron chi connectivity index (χ2n) is 7.25. The van der Waals surface area contributed by atoms with Crippen molar-refractivity contribution in [1.29, 1.82) is 0 Å². The van der Waals surface area contributed by atoms with Gasteiger partial charge in [-0.2, -0.15) is 0 Å². The highest BCUT2D eigenvalue weighted by atomic mass is 19.1. The van der Waals surface area contributed by atoms with Gasteiger partial charge < -0.3 is 20.2 Å². The highest BCUT2D eigenvalue weighted by molar-refractivity contribution is 6.01. The van der Waals surface area contributed by atoms with Crippen molar-refractivity contribution in [2.24, 2.45) is 5.92 Å². The summed E-state index contributed by atoms with van der Waals surface area (Å²) in [5, 5.41) is 11.7. The zero-order chi connectivity index (χ0) is 20.4. The van der Waals surface area contributed by atoms with Gasteiger partial charge in [-0.1, -0.05) is 6.07 Å². The predicted octanol–water partition coefficient (Wildman–Crippen LogP) is 1.03. The summed E-state index contributed by atoms with van der Waals surface area (Å²) < 4.78 is 13.4. The second-order valence-corrected chi connectivity index (χ2v) is 7.25. The van der Waals surface area contributed by atoms with Crippen LogP contribution in [0.4, 0.5) is 10.1 Å². The number of hydrogen-bond acceptors (Lipinski definition) is 4. The SMILES string of the molecule is CN(CC(=O)N1CCCC(C(=O)O)C1)C(=O)C1CC(=O)Nc2cc(F)ccc21. The Morgan fingerprint density at radius 2 is 2.11 bits per heavy atom. The Balaban J connectivity index is 1.69. The number of anilines is 1. The summed E-state index contributed by atoms with van der Waals surface area (Å²) in [6.07, 6.45) is 1.04. The maximum absolute atomic E-state index is 13.4. The number of piperidine rings is 1. The number of benzene rings is 1. The Bertz CT molecular complexity index is 828. The van der Waals surface area contributed by atoms with Gasteiger partial charge in [-0.15, -0.1) is 0 Å². The fraction of sp³-hybridized carbons (Fsp3) is 0.474. The molecule has 2 unspecified atom stereocenters. The van der Waals surface area contributed by atoms with Crippen LogP contribution in [0.1, 0.15) is 30.7 Å². The van der Waals surface area contributed by atoms with E-state index in [-0.39, 0.29) is 31.1 Å². The molecular formula is C19H22FN3O5. The molecule has 1 aromatic carbocycles. The number of amides is 3. The predicted molar refractivity (Wildman–Crippen MR) is 97.0 cm³/mol. The number of rotatable bonds is 4. The molecule has 0 spiro atoms. The Kier molecular flexibility index (Phi) is 5.62. The van der Waals surface area contributed by atoms with Crippen molar-refractivity contribution in [3.63, 3.8) is 0 Å². The molecule has 2 aliphatic rings. The summed E-state index contributed by atoms with van der Waals surface area (Å²) in [5.41, 5.74) is 0.767. The standard InChI is InChI=1S/C19H22FN3O5/c1-22(10-17(25)23-6-2-3-11(9-23)19(27)28)18(26)14-8-16(24)21-15-7-12(20)4-5-13(14)15/h4-5,7,11,14H,2-3,6,8-10H2,1H3,(H,21,24)(H,27,28). The number of carboxylic acid groups (broad SMARTS) is 1. The highest BCUT2D eigenvalue weighted by Gasteiger charge is 2.34. The summed E-state index contributed by atoms with van der Waals surface area (Å²) in [6, 6.07) is 3.85. The van der Waals surface area contributed by atoms with E-state index in [0.717, 1.165) is 6.07 Å². The van der Waals surface area contributed by atoms with Crippen LogP contribution >= 0.6 is 0 Å². The summed E-state index contributed by atoms with van der Waals surface area (Å²) in [6.45, 7) is 0.378. The van der Waals surface area contributed by atoms with Gasteiger partial charge in [-0.05, 0) is 30.5 Å². The van der Waals surface area contributed by atoms with Crippen molar-refractivity contribution in [2.45, 2.75) is 25.2 Å². The number of nitrogens with one attached hydrogen (secondary N) is 1. The lowest BCUT2D eigenvalue weighted by molar-refractivity contribution is -0.147. The molecule has 8 nitrogen and oxygen atoms in total. The topological polar surface area (TPSA) is 107 Å². The van der Waals surface area contributed by atoms with E-state index < -0.39 is 35.4 Å². The minimum absolute atomic E-state index is 0.0825. The van der Waals surface area contributed by atoms with Gasteiger partial charge in [0.1, 0.15) is 5.82 Å². The lowest BCUT2D eigenvalue weighted by Gasteiger charge is -2.33. The van der Waals surface area contributed by atoms with Gasteiger partial charge in [0.15, 0.2) is 0 Å². The number of carboxylic acids is 1. The number of hydrogen-bond donors (Lipinski definition) is 2. The lowest BCUT2D eigenvalue weighted by Crippen LogP contribution is -2.47. The fourth-order valence-electron chi connectivity index (χ4n) is 3.71. The molecule has 0 saturated carbocycles. The van der Waals surface area contributed by atoms with E-state index in [1.165, 1.54) is 29.0 Å². The van der Waals surface area contributed by atoms with Gasteiger partial charge in [0, 0.05) is 32.2 Å². The normalized spacial score (nSPS) is 21.5. The number of likely N-dealkylation sites (N-methyl/N-ethyl adjacent to an activating group) is 1. The molecule has 1 saturated heterocycles. The molecule has 2 aliphatic heterocycles. The molecule has 0 aromatic heterocycles. The maximum atomic E-state index is 13.4. The first-order chi connectivity index (χ1) is 13.3. The van der Waals surface area contributed by atoms with Gasteiger partial charge in [0.2, 0.25) is 17.7 Å². The molecule has 2 N–H and O–H groups in total. The van der Waals surface area contributed by atoms with Gasteiger partial charge >= 0.3 is 5.97 Å². The molecule has 2 heterocycles. The maximum Gasteiger partial charge on any atom is 0.308 e. The van der Waals surface area contributed by atoms with Crippen molar-refractivity contribution < 1.29 is 28.7 Å². The van der Waals surface area contributed by atoms with Crippen LogP contribution < -0.4 is 5.32 Å². The van der Waals surface area contributed by atoms with Crippen LogP contribution in [0.2, 0.25) is 0 Å². The molecule has 2 atom stereocenters. The van der Waals surface area contributed by atoms with Crippen LogP contribution in [0.5, 0.6) is 0 Å². The third-order valence-corrected chi connectivity index (χ3v) is 5.22. The molecule has 3 amide bonds. The number of likely N-dealkylation sites (tertiary alicyclic amines) is 1. The first kappa shape index (κ1) is 19.8. The number of carbonyl (C=O) groups is 4. The van der Waals surface area contributed by atoms with Gasteiger partial charge in [-0.3, -0.25) is 19.2 Å². The summed E-state index contributed by atoms with van der Waals surface area (Å²) >= 11 is 0. The third-order valence-electron chi connectivity index (χ3n) is 5.22. The van der Waals surface area contributed by atoms with Gasteiger partial charge in [-0.25, -0.2) is 4.39 Å². The molecule has 150 valence electrons. The molecule has 0 bridgehead atoms. The number of halogens is 1. The van der Waals surface area contributed by atoms with Crippen molar-refractivity contribution in [3.05, 3.63) is 29.6 Å². The first-order valence-electron chi connectivity index (χ1n) is 9.11. The quantitative estimate of drug-likeness (QED) is 0.797. The average Bonchev–Trinajstić information content (AvgIpc) is 2.66. The summed E-state index contributed by atoms with van der Waals surface area (Å²) in [7, 11) is 1.47. The molecular weight excluding hydrogens is 369 g/mol. The van der Waals surface area contributed by atoms with Crippen molar-refractivity contribution in [2.75, 3.05) is 32.0 Å². The second kappa shape index (κ2) is 7.95. The van der Waals surface area contributed by atoms with E-state index in [2.05, 4.69) is 5.32 Å². The Hall–Kier alpha value is -2.97. The molecule has 9 heteroatoms. The fourth-order valence-corrected chi connectivity index (χ4v) is 3.71. The number of nitrogens with zero attached hydrogens (tertiary/aromatic N) is 2. The molecule has 1 fully saturated rings. The first-order valence-corrected chi connectivity index (χ1v) is 9.11. The monoisotopic (exact) mass is 391 g/mol. The van der Waals surface area contributed by atoms with Crippen LogP contribution in [0.15, 0.2) is 18.2 Å². The van der Waals surface area contributed by atoms with Gasteiger partial charge in [0.05, 0.1) is 18.4 Å². The Labute approximate surface area is 161 Å². The third kappa shape index (κ3) is 4.13.